The predicted molar refractivity (Wildman–Crippen MR) is 97.5 cm³/mol. The Morgan fingerprint density at radius 1 is 1.17 bits per heavy atom. The molecular weight excluding hydrogens is 320 g/mol. The molecule has 1 amide bonds. The number of methoxy groups -OCH3 is 1. The lowest BCUT2D eigenvalue weighted by Crippen LogP contribution is -2.14. The van der Waals surface area contributed by atoms with Crippen LogP contribution in [0.1, 0.15) is 16.7 Å². The largest absolute Gasteiger partial charge is 0.497 e. The molecule has 0 radical (unpaired) electrons. The van der Waals surface area contributed by atoms with Crippen LogP contribution in [0.3, 0.4) is 0 Å². The second-order valence-electron chi connectivity index (χ2n) is 5.88. The van der Waals surface area contributed by atoms with E-state index in [1.165, 1.54) is 22.5 Å². The molecule has 1 heterocycles. The second kappa shape index (κ2) is 6.61. The number of hydrogen-bond acceptors (Lipinski definition) is 3. The van der Waals surface area contributed by atoms with Crippen LogP contribution in [-0.2, 0) is 18.3 Å². The molecule has 0 aliphatic carbocycles. The number of rotatable bonds is 3. The zero-order valence-electron chi connectivity index (χ0n) is 14.3. The third-order valence-corrected chi connectivity index (χ3v) is 5.26. The van der Waals surface area contributed by atoms with Crippen molar-refractivity contribution in [1.82, 2.24) is 4.57 Å². The van der Waals surface area contributed by atoms with E-state index in [9.17, 15) is 4.79 Å². The van der Waals surface area contributed by atoms with Gasteiger partial charge in [-0.1, -0.05) is 29.5 Å². The number of nitrogens with zero attached hydrogens (tertiary/aromatic N) is 2. The van der Waals surface area contributed by atoms with Gasteiger partial charge in [0, 0.05) is 7.05 Å². The smallest absolute Gasteiger partial charge is 0.252 e. The highest BCUT2D eigenvalue weighted by molar-refractivity contribution is 7.16. The fourth-order valence-electron chi connectivity index (χ4n) is 2.58. The van der Waals surface area contributed by atoms with Gasteiger partial charge in [-0.15, -0.1) is 0 Å². The highest BCUT2D eigenvalue weighted by atomic mass is 32.1. The van der Waals surface area contributed by atoms with E-state index >= 15 is 0 Å². The molecule has 5 heteroatoms. The molecule has 24 heavy (non-hydrogen) atoms. The maximum atomic E-state index is 12.3. The zero-order chi connectivity index (χ0) is 17.3. The molecule has 4 nitrogen and oxygen atoms in total. The van der Waals surface area contributed by atoms with Crippen LogP contribution in [0.5, 0.6) is 5.75 Å². The molecule has 0 N–H and O–H groups in total. The molecule has 0 aliphatic heterocycles. The average molecular weight is 340 g/mol. The van der Waals surface area contributed by atoms with Gasteiger partial charge in [0.1, 0.15) is 5.75 Å². The standard InChI is InChI=1S/C19H20N2O2S/c1-12-5-6-14(9-13(12)2)10-18(22)20-19-21(3)16-8-7-15(23-4)11-17(16)24-19/h5-9,11H,10H2,1-4H3. The highest BCUT2D eigenvalue weighted by Gasteiger charge is 2.07. The summed E-state index contributed by atoms with van der Waals surface area (Å²) >= 11 is 1.49. The van der Waals surface area contributed by atoms with Crippen LogP contribution in [0.15, 0.2) is 41.4 Å². The third-order valence-electron chi connectivity index (χ3n) is 4.16. The summed E-state index contributed by atoms with van der Waals surface area (Å²) in [6.45, 7) is 4.12. The molecule has 0 spiro atoms. The van der Waals surface area contributed by atoms with Crippen molar-refractivity contribution in [2.45, 2.75) is 20.3 Å². The molecule has 0 atom stereocenters. The van der Waals surface area contributed by atoms with Gasteiger partial charge in [0.05, 0.1) is 23.7 Å². The number of fused-ring (bicyclic) bond motifs is 1. The Balaban J connectivity index is 1.92. The lowest BCUT2D eigenvalue weighted by Gasteiger charge is -2.02. The van der Waals surface area contributed by atoms with Crippen molar-refractivity contribution in [2.24, 2.45) is 12.0 Å². The fraction of sp³-hybridized carbons (Fsp3) is 0.263. The van der Waals surface area contributed by atoms with Crippen molar-refractivity contribution in [3.05, 3.63) is 57.9 Å². The SMILES string of the molecule is COc1ccc2c(c1)sc(=NC(=O)Cc1ccc(C)c(C)c1)n2C. The lowest BCUT2D eigenvalue weighted by atomic mass is 10.0. The molecule has 0 saturated carbocycles. The normalized spacial score (nSPS) is 11.9. The molecule has 3 rings (SSSR count). The first-order valence-electron chi connectivity index (χ1n) is 7.75. The summed E-state index contributed by atoms with van der Waals surface area (Å²) in [4.78, 5) is 17.3. The molecule has 124 valence electrons. The Hall–Kier alpha value is -2.40. The van der Waals surface area contributed by atoms with Crippen LogP contribution in [-0.4, -0.2) is 17.6 Å². The van der Waals surface area contributed by atoms with Gasteiger partial charge >= 0.3 is 0 Å². The number of carbonyl (C=O) groups is 1. The molecule has 0 unspecified atom stereocenters. The van der Waals surface area contributed by atoms with Crippen molar-refractivity contribution in [3.63, 3.8) is 0 Å². The summed E-state index contributed by atoms with van der Waals surface area (Å²) in [5.41, 5.74) is 4.46. The van der Waals surface area contributed by atoms with Gasteiger partial charge in [-0.05, 0) is 48.7 Å². The van der Waals surface area contributed by atoms with Crippen molar-refractivity contribution in [3.8, 4) is 5.75 Å². The number of thiazole rings is 1. The van der Waals surface area contributed by atoms with E-state index in [0.29, 0.717) is 11.2 Å². The van der Waals surface area contributed by atoms with Gasteiger partial charge in [-0.25, -0.2) is 0 Å². The van der Waals surface area contributed by atoms with Crippen molar-refractivity contribution in [1.29, 1.82) is 0 Å². The summed E-state index contributed by atoms with van der Waals surface area (Å²) < 4.78 is 8.24. The summed E-state index contributed by atoms with van der Waals surface area (Å²) in [6.07, 6.45) is 0.318. The highest BCUT2D eigenvalue weighted by Crippen LogP contribution is 2.22. The number of carbonyl (C=O) groups excluding carboxylic acids is 1. The van der Waals surface area contributed by atoms with Gasteiger partial charge in [-0.3, -0.25) is 4.79 Å². The number of ether oxygens (including phenoxy) is 1. The van der Waals surface area contributed by atoms with Crippen LogP contribution in [0.2, 0.25) is 0 Å². The molecule has 0 fully saturated rings. The summed E-state index contributed by atoms with van der Waals surface area (Å²) in [7, 11) is 3.57. The molecule has 1 aromatic heterocycles. The molecule has 0 aliphatic rings. The molecular formula is C19H20N2O2S. The van der Waals surface area contributed by atoms with E-state index in [2.05, 4.69) is 24.9 Å². The number of aryl methyl sites for hydroxylation is 3. The van der Waals surface area contributed by atoms with Gasteiger partial charge in [0.25, 0.3) is 5.91 Å². The predicted octanol–water partition coefficient (Wildman–Crippen LogP) is 3.54. The quantitative estimate of drug-likeness (QED) is 0.732. The summed E-state index contributed by atoms with van der Waals surface area (Å²) in [5.74, 6) is 0.671. The van der Waals surface area contributed by atoms with Crippen LogP contribution in [0, 0.1) is 13.8 Å². The Kier molecular flexibility index (Phi) is 4.53. The summed E-state index contributed by atoms with van der Waals surface area (Å²) in [6, 6.07) is 12.0. The minimum Gasteiger partial charge on any atom is -0.497 e. The van der Waals surface area contributed by atoms with Crippen molar-refractivity contribution < 1.29 is 9.53 Å². The van der Waals surface area contributed by atoms with Crippen molar-refractivity contribution >= 4 is 27.5 Å². The third kappa shape index (κ3) is 3.26. The molecule has 0 saturated heterocycles. The maximum Gasteiger partial charge on any atom is 0.252 e. The van der Waals surface area contributed by atoms with Gasteiger partial charge in [-0.2, -0.15) is 4.99 Å². The van der Waals surface area contributed by atoms with E-state index < -0.39 is 0 Å². The minimum absolute atomic E-state index is 0.132. The number of amides is 1. The summed E-state index contributed by atoms with van der Waals surface area (Å²) in [5, 5.41) is 0. The number of aromatic nitrogens is 1. The molecule has 3 aromatic rings. The Labute approximate surface area is 145 Å². The maximum absolute atomic E-state index is 12.3. The van der Waals surface area contributed by atoms with Crippen molar-refractivity contribution in [2.75, 3.05) is 7.11 Å². The fourth-order valence-corrected chi connectivity index (χ4v) is 3.65. The number of hydrogen-bond donors (Lipinski definition) is 0. The molecule has 2 aromatic carbocycles. The van der Waals surface area contributed by atoms with Gasteiger partial charge in [0.15, 0.2) is 4.80 Å². The van der Waals surface area contributed by atoms with E-state index in [0.717, 1.165) is 21.5 Å². The first-order valence-corrected chi connectivity index (χ1v) is 8.57. The van der Waals surface area contributed by atoms with Gasteiger partial charge < -0.3 is 9.30 Å². The first kappa shape index (κ1) is 16.5. The van der Waals surface area contributed by atoms with Crippen LogP contribution < -0.4 is 9.54 Å². The van der Waals surface area contributed by atoms with E-state index in [-0.39, 0.29) is 5.91 Å². The van der Waals surface area contributed by atoms with Gasteiger partial charge in [0.2, 0.25) is 0 Å². The topological polar surface area (TPSA) is 43.6 Å². The van der Waals surface area contributed by atoms with E-state index in [4.69, 9.17) is 4.74 Å². The van der Waals surface area contributed by atoms with E-state index in [1.807, 2.05) is 41.9 Å². The Morgan fingerprint density at radius 2 is 1.96 bits per heavy atom. The lowest BCUT2D eigenvalue weighted by molar-refractivity contribution is -0.117. The molecule has 0 bridgehead atoms. The second-order valence-corrected chi connectivity index (χ2v) is 6.89. The minimum atomic E-state index is -0.132. The zero-order valence-corrected chi connectivity index (χ0v) is 15.1. The Morgan fingerprint density at radius 3 is 2.67 bits per heavy atom. The van der Waals surface area contributed by atoms with Crippen LogP contribution in [0.4, 0.5) is 0 Å². The monoisotopic (exact) mass is 340 g/mol. The van der Waals surface area contributed by atoms with E-state index in [1.54, 1.807) is 7.11 Å². The van der Waals surface area contributed by atoms with Crippen LogP contribution >= 0.6 is 11.3 Å². The average Bonchev–Trinajstić information content (AvgIpc) is 2.86. The number of benzene rings is 2. The Bertz CT molecular complexity index is 983. The van der Waals surface area contributed by atoms with Crippen LogP contribution in [0.25, 0.3) is 10.2 Å². The first-order chi connectivity index (χ1) is 11.5.